The van der Waals surface area contributed by atoms with Crippen LogP contribution in [0.25, 0.3) is 16.7 Å². The SMILES string of the molecule is O=C(NCc1cccnc1-n1ccnc1)c1cc(=O)[nH]c2ccc(F)cc12. The number of aromatic nitrogens is 4. The molecule has 1 aromatic carbocycles. The van der Waals surface area contributed by atoms with Crippen LogP contribution in [0.4, 0.5) is 4.39 Å². The van der Waals surface area contributed by atoms with E-state index in [0.29, 0.717) is 16.7 Å². The summed E-state index contributed by atoms with van der Waals surface area (Å²) in [4.78, 5) is 35.4. The first-order valence-corrected chi connectivity index (χ1v) is 8.15. The standard InChI is InChI=1S/C19H14FN5O2/c20-13-3-4-16-14(8-13)15(9-17(26)24-16)19(27)23-10-12-2-1-5-22-18(12)25-7-6-21-11-25/h1-9,11H,10H2,(H,23,27)(H,24,26). The third-order valence-electron chi connectivity index (χ3n) is 4.11. The van der Waals surface area contributed by atoms with E-state index in [1.807, 2.05) is 6.07 Å². The lowest BCUT2D eigenvalue weighted by molar-refractivity contribution is 0.0952. The van der Waals surface area contributed by atoms with Crippen molar-refractivity contribution in [1.82, 2.24) is 24.8 Å². The van der Waals surface area contributed by atoms with Crippen LogP contribution in [-0.4, -0.2) is 25.4 Å². The number of hydrogen-bond acceptors (Lipinski definition) is 4. The minimum atomic E-state index is -0.488. The first-order valence-electron chi connectivity index (χ1n) is 8.15. The summed E-state index contributed by atoms with van der Waals surface area (Å²) >= 11 is 0. The Morgan fingerprint density at radius 3 is 2.93 bits per heavy atom. The number of pyridine rings is 2. The van der Waals surface area contributed by atoms with Crippen molar-refractivity contribution in [1.29, 1.82) is 0 Å². The average Bonchev–Trinajstić information content (AvgIpc) is 3.20. The number of amides is 1. The number of fused-ring (bicyclic) bond motifs is 1. The lowest BCUT2D eigenvalue weighted by Crippen LogP contribution is -2.25. The van der Waals surface area contributed by atoms with Gasteiger partial charge in [0.2, 0.25) is 5.56 Å². The highest BCUT2D eigenvalue weighted by Crippen LogP contribution is 2.17. The summed E-state index contributed by atoms with van der Waals surface area (Å²) in [5.74, 6) is -0.326. The summed E-state index contributed by atoms with van der Waals surface area (Å²) in [7, 11) is 0. The van der Waals surface area contributed by atoms with Crippen LogP contribution in [0.15, 0.2) is 66.1 Å². The number of carbonyl (C=O) groups excluding carboxylic acids is 1. The van der Waals surface area contributed by atoms with Gasteiger partial charge < -0.3 is 10.3 Å². The van der Waals surface area contributed by atoms with Gasteiger partial charge in [-0.05, 0) is 24.3 Å². The molecule has 0 saturated heterocycles. The highest BCUT2D eigenvalue weighted by Gasteiger charge is 2.14. The van der Waals surface area contributed by atoms with Gasteiger partial charge in [0.15, 0.2) is 0 Å². The van der Waals surface area contributed by atoms with Crippen LogP contribution in [0.3, 0.4) is 0 Å². The Morgan fingerprint density at radius 1 is 1.22 bits per heavy atom. The van der Waals surface area contributed by atoms with E-state index in [0.717, 1.165) is 11.6 Å². The topological polar surface area (TPSA) is 92.7 Å². The molecular formula is C19H14FN5O2. The third kappa shape index (κ3) is 3.32. The molecule has 1 amide bonds. The highest BCUT2D eigenvalue weighted by atomic mass is 19.1. The molecule has 0 saturated carbocycles. The monoisotopic (exact) mass is 363 g/mol. The van der Waals surface area contributed by atoms with Crippen molar-refractivity contribution in [2.45, 2.75) is 6.54 Å². The lowest BCUT2D eigenvalue weighted by atomic mass is 10.1. The summed E-state index contributed by atoms with van der Waals surface area (Å²) in [5, 5.41) is 3.11. The van der Waals surface area contributed by atoms with Crippen LogP contribution in [-0.2, 0) is 6.54 Å². The summed E-state index contributed by atoms with van der Waals surface area (Å²) < 4.78 is 15.3. The van der Waals surface area contributed by atoms with Crippen molar-refractivity contribution in [2.24, 2.45) is 0 Å². The van der Waals surface area contributed by atoms with Gasteiger partial charge in [-0.3, -0.25) is 14.2 Å². The van der Waals surface area contributed by atoms with Crippen molar-refractivity contribution in [2.75, 3.05) is 0 Å². The molecule has 0 aliphatic heterocycles. The van der Waals surface area contributed by atoms with E-state index in [4.69, 9.17) is 0 Å². The molecular weight excluding hydrogens is 349 g/mol. The maximum atomic E-state index is 13.6. The second-order valence-corrected chi connectivity index (χ2v) is 5.88. The van der Waals surface area contributed by atoms with E-state index >= 15 is 0 Å². The van der Waals surface area contributed by atoms with Crippen LogP contribution in [0.1, 0.15) is 15.9 Å². The normalized spacial score (nSPS) is 10.9. The van der Waals surface area contributed by atoms with E-state index in [9.17, 15) is 14.0 Å². The molecule has 0 aliphatic rings. The van der Waals surface area contributed by atoms with Gasteiger partial charge in [0.25, 0.3) is 5.91 Å². The Balaban J connectivity index is 1.64. The van der Waals surface area contributed by atoms with Gasteiger partial charge in [0.05, 0.1) is 5.56 Å². The number of imidazole rings is 1. The second-order valence-electron chi connectivity index (χ2n) is 5.88. The summed E-state index contributed by atoms with van der Waals surface area (Å²) in [6.07, 6.45) is 6.64. The Bertz CT molecular complexity index is 1180. The first-order chi connectivity index (χ1) is 13.1. The summed E-state index contributed by atoms with van der Waals surface area (Å²) in [5.41, 5.74) is 0.847. The number of aromatic amines is 1. The van der Waals surface area contributed by atoms with E-state index in [-0.39, 0.29) is 12.1 Å². The van der Waals surface area contributed by atoms with Gasteiger partial charge in [-0.2, -0.15) is 0 Å². The number of rotatable bonds is 4. The van der Waals surface area contributed by atoms with Crippen molar-refractivity contribution >= 4 is 16.8 Å². The number of benzene rings is 1. The van der Waals surface area contributed by atoms with Crippen LogP contribution in [0.5, 0.6) is 0 Å². The van der Waals surface area contributed by atoms with Gasteiger partial charge in [0.1, 0.15) is 18.0 Å². The minimum Gasteiger partial charge on any atom is -0.348 e. The van der Waals surface area contributed by atoms with Crippen molar-refractivity contribution in [3.05, 3.63) is 88.6 Å². The van der Waals surface area contributed by atoms with Gasteiger partial charge in [0, 0.05) is 47.7 Å². The largest absolute Gasteiger partial charge is 0.348 e. The predicted octanol–water partition coefficient (Wildman–Crippen LogP) is 2.18. The molecule has 27 heavy (non-hydrogen) atoms. The summed E-state index contributed by atoms with van der Waals surface area (Å²) in [6, 6.07) is 8.64. The van der Waals surface area contributed by atoms with Crippen molar-refractivity contribution in [3.8, 4) is 5.82 Å². The number of halogens is 1. The Hall–Kier alpha value is -3.81. The molecule has 0 bridgehead atoms. The maximum Gasteiger partial charge on any atom is 0.252 e. The first kappa shape index (κ1) is 16.6. The number of carbonyl (C=O) groups is 1. The van der Waals surface area contributed by atoms with Crippen molar-refractivity contribution < 1.29 is 9.18 Å². The van der Waals surface area contributed by atoms with Gasteiger partial charge in [-0.1, -0.05) is 6.07 Å². The Labute approximate surface area is 152 Å². The molecule has 4 rings (SSSR count). The molecule has 0 spiro atoms. The molecule has 0 unspecified atom stereocenters. The molecule has 0 atom stereocenters. The van der Waals surface area contributed by atoms with E-state index in [2.05, 4.69) is 20.3 Å². The van der Waals surface area contributed by atoms with Gasteiger partial charge >= 0.3 is 0 Å². The fourth-order valence-corrected chi connectivity index (χ4v) is 2.87. The zero-order valence-corrected chi connectivity index (χ0v) is 14.0. The lowest BCUT2D eigenvalue weighted by Gasteiger charge is -2.11. The molecule has 3 aromatic heterocycles. The smallest absolute Gasteiger partial charge is 0.252 e. The number of nitrogens with one attached hydrogen (secondary N) is 2. The minimum absolute atomic E-state index is 0.112. The summed E-state index contributed by atoms with van der Waals surface area (Å²) in [6.45, 7) is 0.184. The molecule has 0 aliphatic carbocycles. The van der Waals surface area contributed by atoms with E-state index < -0.39 is 17.3 Å². The number of hydrogen-bond donors (Lipinski definition) is 2. The fraction of sp³-hybridized carbons (Fsp3) is 0.0526. The van der Waals surface area contributed by atoms with Crippen LogP contribution < -0.4 is 10.9 Å². The molecule has 0 radical (unpaired) electrons. The van der Waals surface area contributed by atoms with E-state index in [1.165, 1.54) is 18.2 Å². The zero-order chi connectivity index (χ0) is 18.8. The van der Waals surface area contributed by atoms with Crippen molar-refractivity contribution in [3.63, 3.8) is 0 Å². The van der Waals surface area contributed by atoms with Gasteiger partial charge in [-0.15, -0.1) is 0 Å². The zero-order valence-electron chi connectivity index (χ0n) is 14.0. The molecule has 7 nitrogen and oxygen atoms in total. The Morgan fingerprint density at radius 2 is 2.11 bits per heavy atom. The van der Waals surface area contributed by atoms with Crippen LogP contribution >= 0.6 is 0 Å². The van der Waals surface area contributed by atoms with Gasteiger partial charge in [-0.25, -0.2) is 14.4 Å². The molecule has 134 valence electrons. The fourth-order valence-electron chi connectivity index (χ4n) is 2.87. The maximum absolute atomic E-state index is 13.6. The quantitative estimate of drug-likeness (QED) is 0.581. The Kier molecular flexibility index (Phi) is 4.21. The highest BCUT2D eigenvalue weighted by molar-refractivity contribution is 6.05. The molecule has 4 aromatic rings. The third-order valence-corrected chi connectivity index (χ3v) is 4.11. The molecule has 8 heteroatoms. The molecule has 0 fully saturated rings. The predicted molar refractivity (Wildman–Crippen MR) is 97.1 cm³/mol. The second kappa shape index (κ2) is 6.83. The number of H-pyrrole nitrogens is 1. The molecule has 3 heterocycles. The van der Waals surface area contributed by atoms with Crippen LogP contribution in [0, 0.1) is 5.82 Å². The molecule has 2 N–H and O–H groups in total. The number of nitrogens with zero attached hydrogens (tertiary/aromatic N) is 3. The van der Waals surface area contributed by atoms with E-state index in [1.54, 1.807) is 35.6 Å². The van der Waals surface area contributed by atoms with Crippen LogP contribution in [0.2, 0.25) is 0 Å². The average molecular weight is 363 g/mol.